The van der Waals surface area contributed by atoms with Crippen molar-refractivity contribution in [3.8, 4) is 28.7 Å². The molecule has 4 aromatic rings. The number of methoxy groups -OCH3 is 1. The summed E-state index contributed by atoms with van der Waals surface area (Å²) in [6.45, 7) is 8.42. The molecule has 1 atom stereocenters. The Labute approximate surface area is 219 Å². The standard InChI is InChI=1S/C27H30N4O5S/c1-16(2)10-24-30-31-26(36-24)19-6-8-21(9-7-19)35-23-12-20(11-22(13-23)34-17(3)15-33-5)25(32)29-27-28-14-18(4)37-27/h6-9,11-14,16-17H,10,15H2,1-5H3,(H,28,29,32). The van der Waals surface area contributed by atoms with Crippen molar-refractivity contribution in [2.45, 2.75) is 40.2 Å². The highest BCUT2D eigenvalue weighted by atomic mass is 32.1. The minimum atomic E-state index is -0.312. The van der Waals surface area contributed by atoms with Gasteiger partial charge in [0, 0.05) is 41.8 Å². The summed E-state index contributed by atoms with van der Waals surface area (Å²) in [5.74, 6) is 2.71. The molecule has 2 heterocycles. The number of benzene rings is 2. The first kappa shape index (κ1) is 26.3. The van der Waals surface area contributed by atoms with Crippen molar-refractivity contribution >= 4 is 22.4 Å². The molecule has 4 rings (SSSR count). The summed E-state index contributed by atoms with van der Waals surface area (Å²) in [7, 11) is 1.61. The van der Waals surface area contributed by atoms with Crippen molar-refractivity contribution in [1.29, 1.82) is 0 Å². The number of hydrogen-bond donors (Lipinski definition) is 1. The van der Waals surface area contributed by atoms with E-state index in [0.717, 1.165) is 16.9 Å². The van der Waals surface area contributed by atoms with Gasteiger partial charge in [0.05, 0.1) is 6.61 Å². The third kappa shape index (κ3) is 7.37. The number of nitrogens with one attached hydrogen (secondary N) is 1. The summed E-state index contributed by atoms with van der Waals surface area (Å²) in [4.78, 5) is 18.2. The molecule has 9 nitrogen and oxygen atoms in total. The van der Waals surface area contributed by atoms with E-state index in [2.05, 4.69) is 34.3 Å². The summed E-state index contributed by atoms with van der Waals surface area (Å²) in [6, 6.07) is 12.4. The number of rotatable bonds is 11. The predicted octanol–water partition coefficient (Wildman–Crippen LogP) is 6.16. The molecule has 0 spiro atoms. The quantitative estimate of drug-likeness (QED) is 0.250. The Bertz CT molecular complexity index is 1330. The van der Waals surface area contributed by atoms with Crippen molar-refractivity contribution < 1.29 is 23.4 Å². The maximum Gasteiger partial charge on any atom is 0.257 e. The van der Waals surface area contributed by atoms with Crippen LogP contribution in [0.5, 0.6) is 17.2 Å². The van der Waals surface area contributed by atoms with Crippen LogP contribution in [-0.4, -0.2) is 40.9 Å². The lowest BCUT2D eigenvalue weighted by molar-refractivity contribution is 0.0916. The Morgan fingerprint density at radius 3 is 2.49 bits per heavy atom. The summed E-state index contributed by atoms with van der Waals surface area (Å²) in [5.41, 5.74) is 1.17. The Balaban J connectivity index is 1.53. The van der Waals surface area contributed by atoms with Crippen LogP contribution in [0.1, 0.15) is 41.9 Å². The third-order valence-corrected chi connectivity index (χ3v) is 5.94. The molecule has 0 aliphatic rings. The van der Waals surface area contributed by atoms with Crippen molar-refractivity contribution in [3.63, 3.8) is 0 Å². The Morgan fingerprint density at radius 1 is 1.05 bits per heavy atom. The van der Waals surface area contributed by atoms with E-state index in [1.54, 1.807) is 43.6 Å². The molecule has 1 N–H and O–H groups in total. The highest BCUT2D eigenvalue weighted by Crippen LogP contribution is 2.30. The Hall–Kier alpha value is -3.76. The lowest BCUT2D eigenvalue weighted by Gasteiger charge is -2.16. The number of aromatic nitrogens is 3. The first-order valence-electron chi connectivity index (χ1n) is 11.9. The summed E-state index contributed by atoms with van der Waals surface area (Å²) < 4.78 is 23.0. The molecule has 1 unspecified atom stereocenters. The van der Waals surface area contributed by atoms with E-state index in [9.17, 15) is 4.79 Å². The third-order valence-electron chi connectivity index (χ3n) is 5.11. The van der Waals surface area contributed by atoms with Crippen LogP contribution in [0, 0.1) is 12.8 Å². The van der Waals surface area contributed by atoms with E-state index < -0.39 is 0 Å². The van der Waals surface area contributed by atoms with Crippen molar-refractivity contribution in [1.82, 2.24) is 15.2 Å². The molecule has 0 saturated heterocycles. The van der Waals surface area contributed by atoms with Crippen LogP contribution in [0.4, 0.5) is 5.13 Å². The number of nitrogens with zero attached hydrogens (tertiary/aromatic N) is 3. The van der Waals surface area contributed by atoms with Crippen LogP contribution in [0.25, 0.3) is 11.5 Å². The first-order valence-corrected chi connectivity index (χ1v) is 12.8. The van der Waals surface area contributed by atoms with Gasteiger partial charge >= 0.3 is 0 Å². The summed E-state index contributed by atoms with van der Waals surface area (Å²) >= 11 is 1.40. The maximum absolute atomic E-state index is 13.0. The van der Waals surface area contributed by atoms with E-state index >= 15 is 0 Å². The predicted molar refractivity (Wildman–Crippen MR) is 142 cm³/mol. The molecule has 0 fully saturated rings. The fourth-order valence-electron chi connectivity index (χ4n) is 3.52. The molecule has 1 amide bonds. The molecular weight excluding hydrogens is 492 g/mol. The van der Waals surface area contributed by atoms with E-state index in [1.165, 1.54) is 11.3 Å². The van der Waals surface area contributed by atoms with Crippen LogP contribution in [-0.2, 0) is 11.2 Å². The topological polar surface area (TPSA) is 109 Å². The Kier molecular flexibility index (Phi) is 8.52. The van der Waals surface area contributed by atoms with E-state index in [-0.39, 0.29) is 12.0 Å². The fourth-order valence-corrected chi connectivity index (χ4v) is 4.18. The van der Waals surface area contributed by atoms with Crippen LogP contribution < -0.4 is 14.8 Å². The summed E-state index contributed by atoms with van der Waals surface area (Å²) in [5, 5.41) is 11.6. The molecule has 0 bridgehead atoms. The number of carbonyl (C=O) groups is 1. The van der Waals surface area contributed by atoms with Gasteiger partial charge in [-0.25, -0.2) is 4.98 Å². The molecule has 194 valence electrons. The van der Waals surface area contributed by atoms with Gasteiger partial charge in [0.15, 0.2) is 5.13 Å². The largest absolute Gasteiger partial charge is 0.488 e. The Morgan fingerprint density at radius 2 is 1.81 bits per heavy atom. The fraction of sp³-hybridized carbons (Fsp3) is 0.333. The molecule has 0 aliphatic heterocycles. The lowest BCUT2D eigenvalue weighted by Crippen LogP contribution is -2.18. The molecule has 2 aromatic carbocycles. The number of ether oxygens (including phenoxy) is 3. The monoisotopic (exact) mass is 522 g/mol. The minimum absolute atomic E-state index is 0.216. The van der Waals surface area contributed by atoms with E-state index in [4.69, 9.17) is 18.6 Å². The second-order valence-electron chi connectivity index (χ2n) is 9.03. The van der Waals surface area contributed by atoms with E-state index in [0.29, 0.717) is 52.2 Å². The van der Waals surface area contributed by atoms with Crippen LogP contribution in [0.3, 0.4) is 0 Å². The number of aryl methyl sites for hydroxylation is 1. The minimum Gasteiger partial charge on any atom is -0.488 e. The van der Waals surface area contributed by atoms with Gasteiger partial charge in [-0.2, -0.15) is 0 Å². The van der Waals surface area contributed by atoms with Gasteiger partial charge in [0.1, 0.15) is 23.4 Å². The number of thiazole rings is 1. The molecular formula is C27H30N4O5S. The average molecular weight is 523 g/mol. The van der Waals surface area contributed by atoms with Crippen LogP contribution >= 0.6 is 11.3 Å². The van der Waals surface area contributed by atoms with Crippen molar-refractivity contribution in [3.05, 3.63) is 65.0 Å². The van der Waals surface area contributed by atoms with Gasteiger partial charge in [0.25, 0.3) is 5.91 Å². The summed E-state index contributed by atoms with van der Waals surface area (Å²) in [6.07, 6.45) is 2.23. The molecule has 0 aliphatic carbocycles. The molecule has 0 saturated carbocycles. The molecule has 10 heteroatoms. The lowest BCUT2D eigenvalue weighted by atomic mass is 10.1. The number of carbonyl (C=O) groups excluding carboxylic acids is 1. The average Bonchev–Trinajstić information content (AvgIpc) is 3.47. The normalized spacial score (nSPS) is 11.9. The van der Waals surface area contributed by atoms with Gasteiger partial charge in [-0.15, -0.1) is 21.5 Å². The van der Waals surface area contributed by atoms with Gasteiger partial charge in [-0.05, 0) is 56.2 Å². The highest BCUT2D eigenvalue weighted by molar-refractivity contribution is 7.15. The number of amides is 1. The second kappa shape index (κ2) is 12.0. The number of anilines is 1. The zero-order chi connectivity index (χ0) is 26.4. The highest BCUT2D eigenvalue weighted by Gasteiger charge is 2.15. The maximum atomic E-state index is 13.0. The zero-order valence-electron chi connectivity index (χ0n) is 21.5. The molecule has 37 heavy (non-hydrogen) atoms. The first-order chi connectivity index (χ1) is 17.8. The SMILES string of the molecule is COCC(C)Oc1cc(Oc2ccc(-c3nnc(CC(C)C)o3)cc2)cc(C(=O)Nc2ncc(C)s2)c1. The van der Waals surface area contributed by atoms with Crippen molar-refractivity contribution in [2.75, 3.05) is 19.0 Å². The van der Waals surface area contributed by atoms with Crippen molar-refractivity contribution in [2.24, 2.45) is 5.92 Å². The van der Waals surface area contributed by atoms with E-state index in [1.807, 2.05) is 26.0 Å². The van der Waals surface area contributed by atoms with Gasteiger partial charge in [0.2, 0.25) is 11.8 Å². The van der Waals surface area contributed by atoms with Crippen LogP contribution in [0.15, 0.2) is 53.1 Å². The smallest absolute Gasteiger partial charge is 0.257 e. The zero-order valence-corrected chi connectivity index (χ0v) is 22.3. The van der Waals surface area contributed by atoms with Crippen LogP contribution in [0.2, 0.25) is 0 Å². The molecule has 0 radical (unpaired) electrons. The number of hydrogen-bond acceptors (Lipinski definition) is 9. The molecule has 2 aromatic heterocycles. The van der Waals surface area contributed by atoms with Gasteiger partial charge in [-0.3, -0.25) is 10.1 Å². The van der Waals surface area contributed by atoms with Gasteiger partial charge in [-0.1, -0.05) is 13.8 Å². The second-order valence-corrected chi connectivity index (χ2v) is 10.3. The van der Waals surface area contributed by atoms with Gasteiger partial charge < -0.3 is 18.6 Å².